The number of hydrogen-bond donors (Lipinski definition) is 1. The highest BCUT2D eigenvalue weighted by molar-refractivity contribution is 5.78. The second-order valence-corrected chi connectivity index (χ2v) is 6.37. The molecule has 1 saturated heterocycles. The second-order valence-electron chi connectivity index (χ2n) is 6.37. The van der Waals surface area contributed by atoms with E-state index in [0.717, 1.165) is 37.2 Å². The third-order valence-electron chi connectivity index (χ3n) is 4.62. The molecule has 6 heteroatoms. The largest absolute Gasteiger partial charge is 0.383 e. The number of rotatable bonds is 9. The van der Waals surface area contributed by atoms with Crippen molar-refractivity contribution in [3.8, 4) is 5.69 Å². The smallest absolute Gasteiger partial charge is 0.223 e. The molecule has 2 aromatic rings. The summed E-state index contributed by atoms with van der Waals surface area (Å²) in [6.45, 7) is 3.14. The van der Waals surface area contributed by atoms with Crippen molar-refractivity contribution in [3.05, 3.63) is 48.3 Å². The molecule has 1 aliphatic heterocycles. The molecule has 1 aromatic heterocycles. The van der Waals surface area contributed by atoms with Crippen molar-refractivity contribution in [2.45, 2.75) is 31.8 Å². The number of nitrogens with one attached hydrogen (secondary N) is 1. The highest BCUT2D eigenvalue weighted by atomic mass is 16.5. The highest BCUT2D eigenvalue weighted by Crippen LogP contribution is 2.24. The predicted molar refractivity (Wildman–Crippen MR) is 96.5 cm³/mol. The molecule has 1 amide bonds. The Morgan fingerprint density at radius 2 is 2.24 bits per heavy atom. The Bertz CT molecular complexity index is 672. The van der Waals surface area contributed by atoms with E-state index in [-0.39, 0.29) is 5.91 Å². The van der Waals surface area contributed by atoms with Crippen LogP contribution < -0.4 is 5.32 Å². The van der Waals surface area contributed by atoms with Gasteiger partial charge in [0, 0.05) is 45.1 Å². The number of amides is 1. The first-order valence-electron chi connectivity index (χ1n) is 8.86. The molecule has 0 bridgehead atoms. The Kier molecular flexibility index (Phi) is 6.19. The van der Waals surface area contributed by atoms with Gasteiger partial charge in [-0.05, 0) is 43.1 Å². The first-order chi connectivity index (χ1) is 12.3. The van der Waals surface area contributed by atoms with Crippen LogP contribution in [-0.4, -0.2) is 53.4 Å². The first kappa shape index (κ1) is 17.6. The van der Waals surface area contributed by atoms with Gasteiger partial charge in [-0.1, -0.05) is 12.1 Å². The van der Waals surface area contributed by atoms with Gasteiger partial charge in [-0.3, -0.25) is 4.79 Å². The van der Waals surface area contributed by atoms with Crippen LogP contribution in [0.15, 0.2) is 42.7 Å². The Morgan fingerprint density at radius 3 is 3.04 bits per heavy atom. The number of carbonyl (C=O) groups is 1. The third-order valence-corrected chi connectivity index (χ3v) is 4.62. The number of hydrogen-bond acceptors (Lipinski definition) is 4. The molecule has 0 saturated carbocycles. The summed E-state index contributed by atoms with van der Waals surface area (Å²) >= 11 is 0. The van der Waals surface area contributed by atoms with Gasteiger partial charge in [0.1, 0.15) is 0 Å². The van der Waals surface area contributed by atoms with E-state index in [1.807, 2.05) is 34.0 Å². The van der Waals surface area contributed by atoms with Crippen LogP contribution in [0.4, 0.5) is 0 Å². The van der Waals surface area contributed by atoms with Crippen LogP contribution in [0.1, 0.15) is 24.8 Å². The van der Waals surface area contributed by atoms with Crippen molar-refractivity contribution in [3.63, 3.8) is 0 Å². The van der Waals surface area contributed by atoms with Crippen LogP contribution in [0, 0.1) is 0 Å². The molecule has 1 aliphatic rings. The minimum absolute atomic E-state index is 0.256. The van der Waals surface area contributed by atoms with Gasteiger partial charge in [0.05, 0.1) is 12.3 Å². The SMILES string of the molecule is COCCNCCC1CCC(=O)N1Cc1cccc(-n2cccn2)c1. The number of carbonyl (C=O) groups excluding carboxylic acids is 1. The van der Waals surface area contributed by atoms with Gasteiger partial charge >= 0.3 is 0 Å². The van der Waals surface area contributed by atoms with Crippen molar-refractivity contribution in [1.29, 1.82) is 0 Å². The molecule has 3 rings (SSSR count). The van der Waals surface area contributed by atoms with Crippen molar-refractivity contribution < 1.29 is 9.53 Å². The fourth-order valence-corrected chi connectivity index (χ4v) is 3.29. The second kappa shape index (κ2) is 8.78. The maximum Gasteiger partial charge on any atom is 0.223 e. The number of aromatic nitrogens is 2. The maximum absolute atomic E-state index is 12.3. The lowest BCUT2D eigenvalue weighted by Crippen LogP contribution is -2.35. The number of nitrogens with zero attached hydrogens (tertiary/aromatic N) is 3. The topological polar surface area (TPSA) is 59.4 Å². The van der Waals surface area contributed by atoms with Gasteiger partial charge in [-0.2, -0.15) is 5.10 Å². The standard InChI is InChI=1S/C19H26N4O2/c1-25-13-11-20-10-8-17-6-7-19(24)22(17)15-16-4-2-5-18(14-16)23-12-3-9-21-23/h2-5,9,12,14,17,20H,6-8,10-11,13,15H2,1H3. The Labute approximate surface area is 148 Å². The predicted octanol–water partition coefficient (Wildman–Crippen LogP) is 1.99. The molecule has 0 aliphatic carbocycles. The van der Waals surface area contributed by atoms with Gasteiger partial charge in [0.15, 0.2) is 0 Å². The molecule has 1 aromatic carbocycles. The van der Waals surface area contributed by atoms with Crippen LogP contribution in [-0.2, 0) is 16.1 Å². The molecule has 1 unspecified atom stereocenters. The van der Waals surface area contributed by atoms with Crippen molar-refractivity contribution in [2.24, 2.45) is 0 Å². The Balaban J connectivity index is 1.60. The quantitative estimate of drug-likeness (QED) is 0.708. The molecule has 0 spiro atoms. The van der Waals surface area contributed by atoms with Gasteiger partial charge in [-0.25, -0.2) is 4.68 Å². The summed E-state index contributed by atoms with van der Waals surface area (Å²) in [5, 5.41) is 7.64. The van der Waals surface area contributed by atoms with Crippen molar-refractivity contribution in [2.75, 3.05) is 26.8 Å². The average Bonchev–Trinajstić information content (AvgIpc) is 3.27. The lowest BCUT2D eigenvalue weighted by atomic mass is 10.1. The van der Waals surface area contributed by atoms with E-state index in [4.69, 9.17) is 4.74 Å². The molecule has 1 atom stereocenters. The molecule has 1 N–H and O–H groups in total. The summed E-state index contributed by atoms with van der Waals surface area (Å²) in [5.41, 5.74) is 2.16. The van der Waals surface area contributed by atoms with Crippen molar-refractivity contribution >= 4 is 5.91 Å². The minimum Gasteiger partial charge on any atom is -0.383 e. The lowest BCUT2D eigenvalue weighted by molar-refractivity contribution is -0.129. The highest BCUT2D eigenvalue weighted by Gasteiger charge is 2.30. The van der Waals surface area contributed by atoms with Crippen LogP contribution in [0.2, 0.25) is 0 Å². The normalized spacial score (nSPS) is 17.4. The third kappa shape index (κ3) is 4.67. The van der Waals surface area contributed by atoms with Crippen LogP contribution in [0.25, 0.3) is 5.69 Å². The van der Waals surface area contributed by atoms with Gasteiger partial charge in [-0.15, -0.1) is 0 Å². The van der Waals surface area contributed by atoms with Crippen molar-refractivity contribution in [1.82, 2.24) is 20.0 Å². The Hall–Kier alpha value is -2.18. The Morgan fingerprint density at radius 1 is 1.32 bits per heavy atom. The maximum atomic E-state index is 12.3. The minimum atomic E-state index is 0.256. The lowest BCUT2D eigenvalue weighted by Gasteiger charge is -2.25. The van der Waals surface area contributed by atoms with Gasteiger partial charge < -0.3 is 15.0 Å². The fourth-order valence-electron chi connectivity index (χ4n) is 3.29. The zero-order valence-corrected chi connectivity index (χ0v) is 14.7. The summed E-state index contributed by atoms with van der Waals surface area (Å²) in [6.07, 6.45) is 6.28. The molecule has 0 radical (unpaired) electrons. The van der Waals surface area contributed by atoms with E-state index < -0.39 is 0 Å². The molecular weight excluding hydrogens is 316 g/mol. The van der Waals surface area contributed by atoms with Crippen LogP contribution >= 0.6 is 0 Å². The van der Waals surface area contributed by atoms with E-state index in [9.17, 15) is 4.79 Å². The molecule has 1 fully saturated rings. The summed E-state index contributed by atoms with van der Waals surface area (Å²) in [5.74, 6) is 0.256. The first-order valence-corrected chi connectivity index (χ1v) is 8.86. The summed E-state index contributed by atoms with van der Waals surface area (Å²) in [4.78, 5) is 14.3. The number of likely N-dealkylation sites (tertiary alicyclic amines) is 1. The molecule has 2 heterocycles. The van der Waals surface area contributed by atoms with E-state index in [1.54, 1.807) is 13.3 Å². The van der Waals surface area contributed by atoms with Gasteiger partial charge in [0.2, 0.25) is 5.91 Å². The van der Waals surface area contributed by atoms with E-state index in [0.29, 0.717) is 25.6 Å². The van der Waals surface area contributed by atoms with Crippen LogP contribution in [0.5, 0.6) is 0 Å². The zero-order valence-electron chi connectivity index (χ0n) is 14.7. The molecular formula is C19H26N4O2. The van der Waals surface area contributed by atoms with Crippen LogP contribution in [0.3, 0.4) is 0 Å². The molecule has 134 valence electrons. The van der Waals surface area contributed by atoms with E-state index in [1.165, 1.54) is 0 Å². The van der Waals surface area contributed by atoms with E-state index in [2.05, 4.69) is 22.5 Å². The molecule has 6 nitrogen and oxygen atoms in total. The van der Waals surface area contributed by atoms with E-state index >= 15 is 0 Å². The number of benzene rings is 1. The average molecular weight is 342 g/mol. The van der Waals surface area contributed by atoms with Gasteiger partial charge in [0.25, 0.3) is 0 Å². The zero-order chi connectivity index (χ0) is 17.5. The molecule has 25 heavy (non-hydrogen) atoms. The number of methoxy groups -OCH3 is 1. The summed E-state index contributed by atoms with van der Waals surface area (Å²) < 4.78 is 6.88. The summed E-state index contributed by atoms with van der Waals surface area (Å²) in [7, 11) is 1.70. The summed E-state index contributed by atoms with van der Waals surface area (Å²) in [6, 6.07) is 10.5. The fraction of sp³-hybridized carbons (Fsp3) is 0.474. The number of ether oxygens (including phenoxy) is 1. The monoisotopic (exact) mass is 342 g/mol.